The molecule has 0 bridgehead atoms. The van der Waals surface area contributed by atoms with Crippen LogP contribution in [-0.4, -0.2) is 28.9 Å². The van der Waals surface area contributed by atoms with E-state index in [1.54, 1.807) is 17.8 Å². The first-order valence-electron chi connectivity index (χ1n) is 5.23. The summed E-state index contributed by atoms with van der Waals surface area (Å²) in [4.78, 5) is 16.0. The molecule has 0 aliphatic heterocycles. The standard InChI is InChI=1S/C11H16BrN3OS/c1-7-9(3-4-10(12)14-7)15-11(16)8(13)5-6-17-2/h3-4,8H,5-6,13H2,1-2H3,(H,15,16)/t8-/m0/s1. The average Bonchev–Trinajstić information content (AvgIpc) is 2.29. The van der Waals surface area contributed by atoms with Crippen LogP contribution in [0.25, 0.3) is 0 Å². The monoisotopic (exact) mass is 317 g/mol. The van der Waals surface area contributed by atoms with E-state index in [-0.39, 0.29) is 5.91 Å². The summed E-state index contributed by atoms with van der Waals surface area (Å²) in [5.74, 6) is 0.720. The summed E-state index contributed by atoms with van der Waals surface area (Å²) < 4.78 is 0.750. The fourth-order valence-corrected chi connectivity index (χ4v) is 2.15. The summed E-state index contributed by atoms with van der Waals surface area (Å²) >= 11 is 4.95. The summed E-state index contributed by atoms with van der Waals surface area (Å²) in [7, 11) is 0. The van der Waals surface area contributed by atoms with Crippen molar-refractivity contribution < 1.29 is 4.79 Å². The molecule has 0 saturated carbocycles. The van der Waals surface area contributed by atoms with Gasteiger partial charge in [-0.25, -0.2) is 4.98 Å². The number of carbonyl (C=O) groups excluding carboxylic acids is 1. The highest BCUT2D eigenvalue weighted by molar-refractivity contribution is 9.10. The van der Waals surface area contributed by atoms with Crippen LogP contribution in [0.5, 0.6) is 0 Å². The number of anilines is 1. The van der Waals surface area contributed by atoms with E-state index in [2.05, 4.69) is 26.2 Å². The molecular weight excluding hydrogens is 302 g/mol. The third-order valence-corrected chi connectivity index (χ3v) is 3.37. The Hall–Kier alpha value is -0.590. The van der Waals surface area contributed by atoms with E-state index in [1.807, 2.05) is 19.2 Å². The van der Waals surface area contributed by atoms with Gasteiger partial charge in [0.25, 0.3) is 0 Å². The number of hydrogen-bond donors (Lipinski definition) is 2. The summed E-state index contributed by atoms with van der Waals surface area (Å²) in [6.07, 6.45) is 2.67. The number of aryl methyl sites for hydroxylation is 1. The van der Waals surface area contributed by atoms with E-state index in [0.29, 0.717) is 12.1 Å². The van der Waals surface area contributed by atoms with Crippen LogP contribution in [0.1, 0.15) is 12.1 Å². The van der Waals surface area contributed by atoms with Gasteiger partial charge in [0, 0.05) is 0 Å². The zero-order valence-electron chi connectivity index (χ0n) is 9.87. The van der Waals surface area contributed by atoms with E-state index in [4.69, 9.17) is 5.73 Å². The molecule has 1 amide bonds. The quantitative estimate of drug-likeness (QED) is 0.817. The zero-order valence-corrected chi connectivity index (χ0v) is 12.3. The molecule has 1 heterocycles. The Kier molecular flexibility index (Phi) is 5.94. The fraction of sp³-hybridized carbons (Fsp3) is 0.455. The van der Waals surface area contributed by atoms with Crippen molar-refractivity contribution in [1.82, 2.24) is 4.98 Å². The molecule has 0 spiro atoms. The summed E-state index contributed by atoms with van der Waals surface area (Å²) in [5, 5.41) is 2.79. The van der Waals surface area contributed by atoms with E-state index >= 15 is 0 Å². The second-order valence-electron chi connectivity index (χ2n) is 3.64. The number of thioether (sulfide) groups is 1. The minimum absolute atomic E-state index is 0.161. The SMILES string of the molecule is CSCC[C@H](N)C(=O)Nc1ccc(Br)nc1C. The van der Waals surface area contributed by atoms with E-state index < -0.39 is 6.04 Å². The number of carbonyl (C=O) groups is 1. The molecule has 0 aliphatic carbocycles. The summed E-state index contributed by atoms with van der Waals surface area (Å²) in [5.41, 5.74) is 7.25. The number of hydrogen-bond acceptors (Lipinski definition) is 4. The second kappa shape index (κ2) is 6.98. The van der Waals surface area contributed by atoms with Gasteiger partial charge in [0.1, 0.15) is 4.60 Å². The van der Waals surface area contributed by atoms with Crippen LogP contribution < -0.4 is 11.1 Å². The normalized spacial score (nSPS) is 12.2. The van der Waals surface area contributed by atoms with Gasteiger partial charge in [0.15, 0.2) is 0 Å². The topological polar surface area (TPSA) is 68.0 Å². The van der Waals surface area contributed by atoms with Crippen LogP contribution in [-0.2, 0) is 4.79 Å². The Bertz CT molecular complexity index is 400. The van der Waals surface area contributed by atoms with Crippen molar-refractivity contribution in [2.45, 2.75) is 19.4 Å². The number of pyridine rings is 1. The van der Waals surface area contributed by atoms with Crippen LogP contribution in [0.4, 0.5) is 5.69 Å². The molecule has 0 radical (unpaired) electrons. The van der Waals surface area contributed by atoms with Gasteiger partial charge in [-0.3, -0.25) is 4.79 Å². The highest BCUT2D eigenvalue weighted by Crippen LogP contribution is 2.16. The van der Waals surface area contributed by atoms with Crippen LogP contribution in [0, 0.1) is 6.92 Å². The molecular formula is C11H16BrN3OS. The second-order valence-corrected chi connectivity index (χ2v) is 5.44. The van der Waals surface area contributed by atoms with Gasteiger partial charge in [0.2, 0.25) is 5.91 Å². The van der Waals surface area contributed by atoms with Crippen molar-refractivity contribution in [3.8, 4) is 0 Å². The number of nitrogens with one attached hydrogen (secondary N) is 1. The van der Waals surface area contributed by atoms with Crippen molar-refractivity contribution in [2.75, 3.05) is 17.3 Å². The molecule has 0 unspecified atom stereocenters. The maximum Gasteiger partial charge on any atom is 0.241 e. The molecule has 17 heavy (non-hydrogen) atoms. The van der Waals surface area contributed by atoms with Crippen molar-refractivity contribution >= 4 is 39.3 Å². The molecule has 1 aromatic rings. The van der Waals surface area contributed by atoms with Crippen LogP contribution >= 0.6 is 27.7 Å². The predicted octanol–water partition coefficient (Wildman–Crippen LogP) is 2.17. The molecule has 4 nitrogen and oxygen atoms in total. The Morgan fingerprint density at radius 1 is 1.65 bits per heavy atom. The molecule has 6 heteroatoms. The average molecular weight is 318 g/mol. The number of nitrogens with two attached hydrogens (primary N) is 1. The van der Waals surface area contributed by atoms with Gasteiger partial charge < -0.3 is 11.1 Å². The van der Waals surface area contributed by atoms with Gasteiger partial charge in [-0.2, -0.15) is 11.8 Å². The summed E-state index contributed by atoms with van der Waals surface area (Å²) in [6, 6.07) is 3.13. The van der Waals surface area contributed by atoms with Gasteiger partial charge in [-0.15, -0.1) is 0 Å². The van der Waals surface area contributed by atoms with E-state index in [9.17, 15) is 4.79 Å². The highest BCUT2D eigenvalue weighted by Gasteiger charge is 2.14. The van der Waals surface area contributed by atoms with Gasteiger partial charge in [-0.05, 0) is 53.4 Å². The largest absolute Gasteiger partial charge is 0.323 e. The van der Waals surface area contributed by atoms with Crippen LogP contribution in [0.3, 0.4) is 0 Å². The fourth-order valence-electron chi connectivity index (χ4n) is 1.26. The minimum atomic E-state index is -0.467. The third-order valence-electron chi connectivity index (χ3n) is 2.28. The zero-order chi connectivity index (χ0) is 12.8. The molecule has 0 aliphatic rings. The number of halogens is 1. The molecule has 0 aromatic carbocycles. The first-order valence-corrected chi connectivity index (χ1v) is 7.42. The van der Waals surface area contributed by atoms with Crippen LogP contribution in [0.15, 0.2) is 16.7 Å². The van der Waals surface area contributed by atoms with E-state index in [1.165, 1.54) is 0 Å². The Labute approximate surface area is 114 Å². The molecule has 1 atom stereocenters. The number of amides is 1. The lowest BCUT2D eigenvalue weighted by atomic mass is 10.2. The van der Waals surface area contributed by atoms with Gasteiger partial charge in [0.05, 0.1) is 17.4 Å². The number of nitrogens with zero attached hydrogens (tertiary/aromatic N) is 1. The predicted molar refractivity (Wildman–Crippen MR) is 76.3 cm³/mol. The lowest BCUT2D eigenvalue weighted by Gasteiger charge is -2.12. The maximum absolute atomic E-state index is 11.8. The lowest BCUT2D eigenvalue weighted by Crippen LogP contribution is -2.36. The summed E-state index contributed by atoms with van der Waals surface area (Å²) in [6.45, 7) is 1.84. The molecule has 1 aromatic heterocycles. The minimum Gasteiger partial charge on any atom is -0.323 e. The molecule has 94 valence electrons. The Morgan fingerprint density at radius 3 is 2.94 bits per heavy atom. The number of rotatable bonds is 5. The number of aromatic nitrogens is 1. The lowest BCUT2D eigenvalue weighted by molar-refractivity contribution is -0.117. The molecule has 0 saturated heterocycles. The van der Waals surface area contributed by atoms with Crippen LogP contribution in [0.2, 0.25) is 0 Å². The molecule has 1 rings (SSSR count). The van der Waals surface area contributed by atoms with E-state index in [0.717, 1.165) is 16.0 Å². The Morgan fingerprint density at radius 2 is 2.35 bits per heavy atom. The van der Waals surface area contributed by atoms with Crippen molar-refractivity contribution in [1.29, 1.82) is 0 Å². The van der Waals surface area contributed by atoms with Crippen molar-refractivity contribution in [3.05, 3.63) is 22.4 Å². The van der Waals surface area contributed by atoms with Gasteiger partial charge in [-0.1, -0.05) is 0 Å². The smallest absolute Gasteiger partial charge is 0.241 e. The van der Waals surface area contributed by atoms with Crippen molar-refractivity contribution in [3.63, 3.8) is 0 Å². The van der Waals surface area contributed by atoms with Gasteiger partial charge >= 0.3 is 0 Å². The van der Waals surface area contributed by atoms with Crippen molar-refractivity contribution in [2.24, 2.45) is 5.73 Å². The first-order chi connectivity index (χ1) is 8.04. The Balaban J connectivity index is 2.61. The third kappa shape index (κ3) is 4.65. The highest BCUT2D eigenvalue weighted by atomic mass is 79.9. The molecule has 0 fully saturated rings. The molecule has 3 N–H and O–H groups in total. The maximum atomic E-state index is 11.8. The first kappa shape index (κ1) is 14.5.